The van der Waals surface area contributed by atoms with E-state index in [1.807, 2.05) is 7.05 Å². The molecule has 0 radical (unpaired) electrons. The molecule has 1 amide bonds. The predicted molar refractivity (Wildman–Crippen MR) is 91.9 cm³/mol. The van der Waals surface area contributed by atoms with Crippen LogP contribution in [0.2, 0.25) is 0 Å². The summed E-state index contributed by atoms with van der Waals surface area (Å²) in [7, 11) is 1.81. The van der Waals surface area contributed by atoms with E-state index >= 15 is 0 Å². The number of hydrogen-bond acceptors (Lipinski definition) is 3. The van der Waals surface area contributed by atoms with Crippen molar-refractivity contribution in [2.45, 2.75) is 33.2 Å². The van der Waals surface area contributed by atoms with Gasteiger partial charge in [-0.05, 0) is 48.0 Å². The van der Waals surface area contributed by atoms with Crippen LogP contribution in [-0.4, -0.2) is 26.0 Å². The van der Waals surface area contributed by atoms with Gasteiger partial charge in [0.25, 0.3) is 0 Å². The van der Waals surface area contributed by atoms with Crippen LogP contribution < -0.4 is 15.5 Å². The summed E-state index contributed by atoms with van der Waals surface area (Å²) in [5.41, 5.74) is 3.08. The van der Waals surface area contributed by atoms with Gasteiger partial charge in [-0.15, -0.1) is 0 Å². The molecule has 0 spiro atoms. The van der Waals surface area contributed by atoms with Crippen molar-refractivity contribution in [3.63, 3.8) is 0 Å². The number of hydrogen-bond donors (Lipinski definition) is 2. The van der Waals surface area contributed by atoms with Gasteiger partial charge in [-0.2, -0.15) is 0 Å². The predicted octanol–water partition coefficient (Wildman–Crippen LogP) is 3.53. The third kappa shape index (κ3) is 3.24. The number of nitrogens with one attached hydrogen (secondary N) is 2. The number of benzene rings is 1. The number of amides is 1. The van der Waals surface area contributed by atoms with Crippen LogP contribution in [0.3, 0.4) is 0 Å². The Morgan fingerprint density at radius 2 is 2.14 bits per heavy atom. The molecule has 2 unspecified atom stereocenters. The van der Waals surface area contributed by atoms with Crippen LogP contribution in [0.15, 0.2) is 16.6 Å². The standard InChI is InChI=1S/C16H24BrN3O/c1-5-10(3)9-20(6-2)14-8-13-11(7-12(14)17)15(18-4)16(21)19-13/h7-8,10,15,18H,5-6,9H2,1-4H3,(H,19,21). The van der Waals surface area contributed by atoms with E-state index in [0.717, 1.165) is 40.9 Å². The van der Waals surface area contributed by atoms with Gasteiger partial charge in [0, 0.05) is 28.8 Å². The Hall–Kier alpha value is -1.07. The molecule has 0 saturated carbocycles. The number of likely N-dealkylation sites (N-methyl/N-ethyl adjacent to an activating group) is 1. The fourth-order valence-electron chi connectivity index (χ4n) is 2.70. The summed E-state index contributed by atoms with van der Waals surface area (Å²) in [6, 6.07) is 3.89. The normalized spacial score (nSPS) is 18.3. The monoisotopic (exact) mass is 353 g/mol. The van der Waals surface area contributed by atoms with Crippen molar-refractivity contribution < 1.29 is 4.79 Å². The van der Waals surface area contributed by atoms with E-state index < -0.39 is 0 Å². The van der Waals surface area contributed by atoms with Gasteiger partial charge in [0.1, 0.15) is 6.04 Å². The van der Waals surface area contributed by atoms with Crippen LogP contribution in [0.25, 0.3) is 0 Å². The first-order chi connectivity index (χ1) is 10.0. The van der Waals surface area contributed by atoms with Crippen molar-refractivity contribution >= 4 is 33.2 Å². The van der Waals surface area contributed by atoms with Gasteiger partial charge in [-0.1, -0.05) is 20.3 Å². The average molecular weight is 354 g/mol. The lowest BCUT2D eigenvalue weighted by atomic mass is 10.1. The van der Waals surface area contributed by atoms with Crippen LogP contribution in [0, 0.1) is 5.92 Å². The van der Waals surface area contributed by atoms with E-state index in [1.165, 1.54) is 0 Å². The number of halogens is 1. The minimum absolute atomic E-state index is 0.0153. The SMILES string of the molecule is CCC(C)CN(CC)c1cc2c(cc1Br)C(NC)C(=O)N2. The molecule has 1 heterocycles. The highest BCUT2D eigenvalue weighted by molar-refractivity contribution is 9.10. The highest BCUT2D eigenvalue weighted by Crippen LogP contribution is 2.39. The van der Waals surface area contributed by atoms with Crippen molar-refractivity contribution in [3.05, 3.63) is 22.2 Å². The van der Waals surface area contributed by atoms with Crippen LogP contribution in [0.4, 0.5) is 11.4 Å². The molecular weight excluding hydrogens is 330 g/mol. The molecule has 0 saturated heterocycles. The van der Waals surface area contributed by atoms with Crippen molar-refractivity contribution in [1.29, 1.82) is 0 Å². The maximum absolute atomic E-state index is 11.9. The molecule has 2 atom stereocenters. The van der Waals surface area contributed by atoms with Gasteiger partial charge in [0.05, 0.1) is 5.69 Å². The van der Waals surface area contributed by atoms with Gasteiger partial charge in [0.15, 0.2) is 0 Å². The second-order valence-corrected chi connectivity index (χ2v) is 6.51. The first-order valence-corrected chi connectivity index (χ1v) is 8.37. The lowest BCUT2D eigenvalue weighted by molar-refractivity contribution is -0.117. The van der Waals surface area contributed by atoms with Crippen LogP contribution in [0.5, 0.6) is 0 Å². The number of rotatable bonds is 6. The summed E-state index contributed by atoms with van der Waals surface area (Å²) in [4.78, 5) is 14.3. The van der Waals surface area contributed by atoms with Gasteiger partial charge in [-0.25, -0.2) is 0 Å². The number of fused-ring (bicyclic) bond motifs is 1. The minimum atomic E-state index is -0.255. The van der Waals surface area contributed by atoms with Crippen molar-refractivity contribution in [2.75, 3.05) is 30.4 Å². The van der Waals surface area contributed by atoms with Crippen molar-refractivity contribution in [1.82, 2.24) is 5.32 Å². The summed E-state index contributed by atoms with van der Waals surface area (Å²) in [5, 5.41) is 6.02. The Labute approximate surface area is 135 Å². The molecule has 5 heteroatoms. The summed E-state index contributed by atoms with van der Waals surface area (Å²) in [6.07, 6.45) is 1.16. The first kappa shape index (κ1) is 16.3. The third-order valence-corrected chi connectivity index (χ3v) is 4.83. The summed E-state index contributed by atoms with van der Waals surface area (Å²) >= 11 is 3.67. The number of carbonyl (C=O) groups excluding carboxylic acids is 1. The third-order valence-electron chi connectivity index (χ3n) is 4.19. The van der Waals surface area contributed by atoms with Gasteiger partial charge in [-0.3, -0.25) is 4.79 Å². The zero-order valence-electron chi connectivity index (χ0n) is 13.2. The molecular formula is C16H24BrN3O. The molecule has 0 fully saturated rings. The van der Waals surface area contributed by atoms with Crippen LogP contribution in [-0.2, 0) is 4.79 Å². The van der Waals surface area contributed by atoms with E-state index in [1.54, 1.807) is 0 Å². The van der Waals surface area contributed by atoms with Gasteiger partial charge < -0.3 is 15.5 Å². The summed E-state index contributed by atoms with van der Waals surface area (Å²) in [6.45, 7) is 8.62. The topological polar surface area (TPSA) is 44.4 Å². The smallest absolute Gasteiger partial charge is 0.246 e. The average Bonchev–Trinajstić information content (AvgIpc) is 2.78. The maximum Gasteiger partial charge on any atom is 0.246 e. The van der Waals surface area contributed by atoms with Crippen LogP contribution in [0.1, 0.15) is 38.8 Å². The Balaban J connectivity index is 2.34. The Morgan fingerprint density at radius 3 is 2.71 bits per heavy atom. The molecule has 2 rings (SSSR count). The maximum atomic E-state index is 11.9. The van der Waals surface area contributed by atoms with Gasteiger partial charge in [0.2, 0.25) is 5.91 Å². The molecule has 116 valence electrons. The molecule has 2 N–H and O–H groups in total. The number of carbonyl (C=O) groups is 1. The Kier molecular flexibility index (Phi) is 5.27. The highest BCUT2D eigenvalue weighted by atomic mass is 79.9. The molecule has 1 aliphatic heterocycles. The van der Waals surface area contributed by atoms with E-state index in [9.17, 15) is 4.79 Å². The molecule has 1 aromatic carbocycles. The van der Waals surface area contributed by atoms with E-state index in [4.69, 9.17) is 0 Å². The fraction of sp³-hybridized carbons (Fsp3) is 0.562. The van der Waals surface area contributed by atoms with Gasteiger partial charge >= 0.3 is 0 Å². The number of anilines is 2. The highest BCUT2D eigenvalue weighted by Gasteiger charge is 2.30. The number of nitrogens with zero attached hydrogens (tertiary/aromatic N) is 1. The van der Waals surface area contributed by atoms with Crippen molar-refractivity contribution in [3.8, 4) is 0 Å². The Morgan fingerprint density at radius 1 is 1.43 bits per heavy atom. The molecule has 0 aliphatic carbocycles. The fourth-order valence-corrected chi connectivity index (χ4v) is 3.31. The van der Waals surface area contributed by atoms with Crippen LogP contribution >= 0.6 is 15.9 Å². The molecule has 0 aromatic heterocycles. The second-order valence-electron chi connectivity index (χ2n) is 5.65. The lowest BCUT2D eigenvalue weighted by Crippen LogP contribution is -2.28. The zero-order chi connectivity index (χ0) is 15.6. The zero-order valence-corrected chi connectivity index (χ0v) is 14.8. The minimum Gasteiger partial charge on any atom is -0.371 e. The molecule has 1 aliphatic rings. The molecule has 21 heavy (non-hydrogen) atoms. The summed E-state index contributed by atoms with van der Waals surface area (Å²) in [5.74, 6) is 0.659. The van der Waals surface area contributed by atoms with Crippen molar-refractivity contribution in [2.24, 2.45) is 5.92 Å². The largest absolute Gasteiger partial charge is 0.371 e. The van der Waals surface area contributed by atoms with E-state index in [2.05, 4.69) is 64.4 Å². The van der Waals surface area contributed by atoms with E-state index in [-0.39, 0.29) is 11.9 Å². The molecule has 1 aromatic rings. The lowest BCUT2D eigenvalue weighted by Gasteiger charge is -2.28. The molecule has 4 nitrogen and oxygen atoms in total. The van der Waals surface area contributed by atoms with E-state index in [0.29, 0.717) is 5.92 Å². The Bertz CT molecular complexity index is 532. The summed E-state index contributed by atoms with van der Waals surface area (Å²) < 4.78 is 1.04. The quantitative estimate of drug-likeness (QED) is 0.821. The first-order valence-electron chi connectivity index (χ1n) is 7.58. The molecule has 0 bridgehead atoms. The second kappa shape index (κ2) is 6.79.